The molecule has 5 aliphatic rings. The van der Waals surface area contributed by atoms with Gasteiger partial charge in [0.25, 0.3) is 0 Å². The first-order chi connectivity index (χ1) is 14.5. The first-order valence-electron chi connectivity index (χ1n) is 12.1. The van der Waals surface area contributed by atoms with E-state index in [4.69, 9.17) is 5.41 Å². The van der Waals surface area contributed by atoms with E-state index >= 15 is 0 Å². The first-order valence-corrected chi connectivity index (χ1v) is 12.1. The number of aliphatic hydroxyl groups is 1. The van der Waals surface area contributed by atoms with E-state index in [9.17, 15) is 9.90 Å². The third kappa shape index (κ3) is 2.64. The molecule has 0 spiro atoms. The van der Waals surface area contributed by atoms with Gasteiger partial charge in [-0.3, -0.25) is 4.79 Å². The Morgan fingerprint density at radius 2 is 1.74 bits per heavy atom. The highest BCUT2D eigenvalue weighted by atomic mass is 16.3. The highest BCUT2D eigenvalue weighted by molar-refractivity contribution is 6.06. The molecule has 1 unspecified atom stereocenters. The van der Waals surface area contributed by atoms with E-state index in [1.807, 2.05) is 6.92 Å². The highest BCUT2D eigenvalue weighted by Crippen LogP contribution is 2.70. The van der Waals surface area contributed by atoms with Gasteiger partial charge in [-0.1, -0.05) is 45.4 Å². The lowest BCUT2D eigenvalue weighted by molar-refractivity contribution is -0.114. The van der Waals surface area contributed by atoms with Gasteiger partial charge in [0, 0.05) is 22.6 Å². The normalized spacial score (nSPS) is 46.6. The Morgan fingerprint density at radius 1 is 1.03 bits per heavy atom. The minimum Gasteiger partial charge on any atom is -0.504 e. The maximum atomic E-state index is 12.5. The summed E-state index contributed by atoms with van der Waals surface area (Å²) < 4.78 is 0. The van der Waals surface area contributed by atoms with Crippen LogP contribution < -0.4 is 0 Å². The Labute approximate surface area is 186 Å². The van der Waals surface area contributed by atoms with E-state index in [0.29, 0.717) is 17.3 Å². The molecule has 166 valence electrons. The van der Waals surface area contributed by atoms with E-state index in [-0.39, 0.29) is 27.8 Å². The van der Waals surface area contributed by atoms with Crippen molar-refractivity contribution in [2.24, 2.45) is 33.5 Å². The van der Waals surface area contributed by atoms with Gasteiger partial charge in [-0.05, 0) is 91.8 Å². The van der Waals surface area contributed by atoms with Crippen LogP contribution in [0.15, 0.2) is 46.3 Å². The number of fused-ring (bicyclic) bond motifs is 7. The maximum absolute atomic E-state index is 12.5. The summed E-state index contributed by atoms with van der Waals surface area (Å²) in [6, 6.07) is 0. The summed E-state index contributed by atoms with van der Waals surface area (Å²) in [5, 5.41) is 18.3. The SMILES string of the molecule is CC1=C(O)C(=O)C=C2C1=CC=C1[C@@]2(C)CCC2[C@@H]3C[C@](C)(C=N)CC[C@]3(C)CC[C@]12C. The summed E-state index contributed by atoms with van der Waals surface area (Å²) in [6.45, 7) is 11.5. The summed E-state index contributed by atoms with van der Waals surface area (Å²) >= 11 is 0. The van der Waals surface area contributed by atoms with Crippen molar-refractivity contribution in [2.75, 3.05) is 0 Å². The second kappa shape index (κ2) is 6.33. The van der Waals surface area contributed by atoms with E-state index in [1.54, 1.807) is 12.3 Å². The zero-order valence-corrected chi connectivity index (χ0v) is 19.8. The Morgan fingerprint density at radius 3 is 2.45 bits per heavy atom. The first kappa shape index (κ1) is 21.0. The van der Waals surface area contributed by atoms with Crippen molar-refractivity contribution in [1.29, 1.82) is 5.41 Å². The molecule has 31 heavy (non-hydrogen) atoms. The van der Waals surface area contributed by atoms with Crippen LogP contribution in [0.3, 0.4) is 0 Å². The van der Waals surface area contributed by atoms with Gasteiger partial charge in [-0.25, -0.2) is 0 Å². The number of allylic oxidation sites excluding steroid dienone is 7. The molecule has 3 saturated carbocycles. The van der Waals surface area contributed by atoms with Gasteiger partial charge in [-0.2, -0.15) is 0 Å². The third-order valence-corrected chi connectivity index (χ3v) is 10.5. The zero-order chi connectivity index (χ0) is 22.4. The molecular weight excluding hydrogens is 382 g/mol. The van der Waals surface area contributed by atoms with Gasteiger partial charge >= 0.3 is 0 Å². The number of aliphatic hydroxyl groups excluding tert-OH is 1. The fourth-order valence-electron chi connectivity index (χ4n) is 8.20. The van der Waals surface area contributed by atoms with Crippen molar-refractivity contribution in [1.82, 2.24) is 0 Å². The Balaban J connectivity index is 1.60. The van der Waals surface area contributed by atoms with Gasteiger partial charge < -0.3 is 10.5 Å². The third-order valence-electron chi connectivity index (χ3n) is 10.5. The van der Waals surface area contributed by atoms with E-state index in [0.717, 1.165) is 36.0 Å². The molecule has 0 aliphatic heterocycles. The van der Waals surface area contributed by atoms with Crippen molar-refractivity contribution in [3.63, 3.8) is 0 Å². The number of carbonyl (C=O) groups is 1. The number of rotatable bonds is 1. The quantitative estimate of drug-likeness (QED) is 0.455. The lowest BCUT2D eigenvalue weighted by Crippen LogP contribution is -2.56. The molecule has 0 aromatic heterocycles. The van der Waals surface area contributed by atoms with Crippen LogP contribution in [0.2, 0.25) is 0 Å². The molecule has 6 atom stereocenters. The number of hydrogen-bond donors (Lipinski definition) is 2. The molecule has 0 heterocycles. The standard InChI is InChI=1S/C28H37NO2/c1-17-18-6-7-23-27(4,20(18)14-22(30)24(17)31)9-8-19-21-15-25(2,16-29)10-11-26(21,3)12-13-28(19,23)5/h6-7,14,16,19,21,29,31H,8-13,15H2,1-5H3/t19?,21-,25+,26+,27-,28-/m0/s1. The van der Waals surface area contributed by atoms with Crippen LogP contribution >= 0.6 is 0 Å². The van der Waals surface area contributed by atoms with Crippen molar-refractivity contribution in [3.8, 4) is 0 Å². The molecule has 3 nitrogen and oxygen atoms in total. The molecule has 0 bridgehead atoms. The van der Waals surface area contributed by atoms with Crippen molar-refractivity contribution >= 4 is 12.0 Å². The Bertz CT molecular complexity index is 1010. The van der Waals surface area contributed by atoms with Crippen LogP contribution in [-0.2, 0) is 4.79 Å². The van der Waals surface area contributed by atoms with Gasteiger partial charge in [0.05, 0.1) is 0 Å². The molecule has 5 aliphatic carbocycles. The monoisotopic (exact) mass is 419 g/mol. The minimum atomic E-state index is -0.246. The van der Waals surface area contributed by atoms with E-state index in [2.05, 4.69) is 39.8 Å². The fraction of sp³-hybridized carbons (Fsp3) is 0.643. The number of hydrogen-bond acceptors (Lipinski definition) is 3. The number of nitrogens with one attached hydrogen (secondary N) is 1. The molecule has 0 radical (unpaired) electrons. The highest BCUT2D eigenvalue weighted by Gasteiger charge is 2.61. The number of carbonyl (C=O) groups excluding carboxylic acids is 1. The lowest BCUT2D eigenvalue weighted by atomic mass is 9.40. The van der Waals surface area contributed by atoms with Gasteiger partial charge in [0.2, 0.25) is 5.78 Å². The summed E-state index contributed by atoms with van der Waals surface area (Å²) in [4.78, 5) is 12.5. The Kier molecular flexibility index (Phi) is 4.28. The fourth-order valence-corrected chi connectivity index (χ4v) is 8.20. The van der Waals surface area contributed by atoms with Crippen LogP contribution in [-0.4, -0.2) is 17.1 Å². The minimum absolute atomic E-state index is 0.0367. The average molecular weight is 420 g/mol. The molecule has 2 N–H and O–H groups in total. The molecular formula is C28H37NO2. The molecule has 0 saturated heterocycles. The lowest BCUT2D eigenvalue weighted by Gasteiger charge is -2.65. The second-order valence-corrected chi connectivity index (χ2v) is 12.2. The summed E-state index contributed by atoms with van der Waals surface area (Å²) in [5.41, 5.74) is 4.79. The van der Waals surface area contributed by atoms with Gasteiger partial charge in [0.15, 0.2) is 5.76 Å². The topological polar surface area (TPSA) is 61.1 Å². The average Bonchev–Trinajstić information content (AvgIpc) is 2.73. The van der Waals surface area contributed by atoms with Crippen molar-refractivity contribution < 1.29 is 9.90 Å². The smallest absolute Gasteiger partial charge is 0.220 e. The van der Waals surface area contributed by atoms with Crippen LogP contribution in [0, 0.1) is 38.9 Å². The molecule has 0 amide bonds. The molecule has 0 aromatic rings. The van der Waals surface area contributed by atoms with Gasteiger partial charge in [-0.15, -0.1) is 0 Å². The zero-order valence-electron chi connectivity index (χ0n) is 19.8. The number of ketones is 1. The Hall–Kier alpha value is -1.90. The molecule has 5 rings (SSSR count). The van der Waals surface area contributed by atoms with E-state index < -0.39 is 0 Å². The van der Waals surface area contributed by atoms with Gasteiger partial charge in [0.1, 0.15) is 0 Å². The van der Waals surface area contributed by atoms with Crippen LogP contribution in [0.5, 0.6) is 0 Å². The molecule has 3 heteroatoms. The van der Waals surface area contributed by atoms with Crippen molar-refractivity contribution in [3.05, 3.63) is 46.3 Å². The van der Waals surface area contributed by atoms with Crippen LogP contribution in [0.25, 0.3) is 0 Å². The van der Waals surface area contributed by atoms with E-state index in [1.165, 1.54) is 31.3 Å². The predicted octanol–water partition coefficient (Wildman–Crippen LogP) is 6.87. The predicted molar refractivity (Wildman–Crippen MR) is 125 cm³/mol. The second-order valence-electron chi connectivity index (χ2n) is 12.2. The van der Waals surface area contributed by atoms with Crippen molar-refractivity contribution in [2.45, 2.75) is 79.6 Å². The molecule has 0 aromatic carbocycles. The van der Waals surface area contributed by atoms with Crippen LogP contribution in [0.1, 0.15) is 79.6 Å². The largest absolute Gasteiger partial charge is 0.504 e. The summed E-state index contributed by atoms with van der Waals surface area (Å²) in [7, 11) is 0. The molecule has 3 fully saturated rings. The summed E-state index contributed by atoms with van der Waals surface area (Å²) in [6.07, 6.45) is 16.1. The maximum Gasteiger partial charge on any atom is 0.220 e. The van der Waals surface area contributed by atoms with Crippen LogP contribution in [0.4, 0.5) is 0 Å². The summed E-state index contributed by atoms with van der Waals surface area (Å²) in [5.74, 6) is 0.932.